The van der Waals surface area contributed by atoms with E-state index in [9.17, 15) is 23.1 Å². The predicted molar refractivity (Wildman–Crippen MR) is 165 cm³/mol. The minimum Gasteiger partial charge on any atom is -0.507 e. The van der Waals surface area contributed by atoms with Crippen molar-refractivity contribution in [1.82, 2.24) is 14.1 Å². The average Bonchev–Trinajstić information content (AvgIpc) is 3.29. The number of hydrogen-bond donors (Lipinski definition) is 1. The number of nitrogens with zero attached hydrogens (tertiary/aromatic N) is 3. The van der Waals surface area contributed by atoms with E-state index in [2.05, 4.69) is 4.90 Å². The quantitative estimate of drug-likeness (QED) is 0.196. The zero-order chi connectivity index (χ0) is 31.3. The predicted octanol–water partition coefficient (Wildman–Crippen LogP) is 3.66. The van der Waals surface area contributed by atoms with E-state index in [4.69, 9.17) is 9.47 Å². The number of ketones is 1. The Morgan fingerprint density at radius 1 is 0.955 bits per heavy atom. The lowest BCUT2D eigenvalue weighted by Gasteiger charge is -2.29. The number of carbonyl (C=O) groups excluding carboxylic acids is 2. The molecule has 2 fully saturated rings. The van der Waals surface area contributed by atoms with Crippen molar-refractivity contribution in [3.8, 4) is 5.75 Å². The van der Waals surface area contributed by atoms with Crippen LogP contribution in [0.3, 0.4) is 0 Å². The first-order valence-corrected chi connectivity index (χ1v) is 16.0. The number of likely N-dealkylation sites (tertiary alicyclic amines) is 1. The summed E-state index contributed by atoms with van der Waals surface area (Å²) >= 11 is 0. The fourth-order valence-corrected chi connectivity index (χ4v) is 6.35. The van der Waals surface area contributed by atoms with Gasteiger partial charge in [0.15, 0.2) is 0 Å². The van der Waals surface area contributed by atoms with Crippen molar-refractivity contribution in [3.63, 3.8) is 0 Å². The van der Waals surface area contributed by atoms with Gasteiger partial charge in [-0.2, -0.15) is 0 Å². The third kappa shape index (κ3) is 6.86. The van der Waals surface area contributed by atoms with Gasteiger partial charge in [0.2, 0.25) is 10.0 Å². The number of morpholine rings is 1. The molecule has 5 rings (SSSR count). The normalized spacial score (nSPS) is 19.1. The van der Waals surface area contributed by atoms with Gasteiger partial charge in [-0.1, -0.05) is 54.6 Å². The Labute approximate surface area is 258 Å². The van der Waals surface area contributed by atoms with Crippen LogP contribution in [0.25, 0.3) is 5.76 Å². The molecule has 11 heteroatoms. The molecule has 1 N–H and O–H groups in total. The van der Waals surface area contributed by atoms with Gasteiger partial charge in [0, 0.05) is 45.8 Å². The molecule has 3 aromatic rings. The van der Waals surface area contributed by atoms with Crippen LogP contribution in [0.4, 0.5) is 0 Å². The first kappa shape index (κ1) is 31.4. The molecular formula is C33H37N3O7S. The molecule has 1 atom stereocenters. The van der Waals surface area contributed by atoms with Crippen LogP contribution in [0, 0.1) is 0 Å². The third-order valence-electron chi connectivity index (χ3n) is 7.85. The number of aliphatic hydroxyl groups excluding tert-OH is 1. The number of sulfonamides is 1. The SMILES string of the molecule is CN(C)S(=O)(=O)c1cccc(C(O)=C2C(=O)C(=O)N(CCCN3CCOCC3)[C@@H]2c2ccc(OCc3ccccc3)cc2)c1. The van der Waals surface area contributed by atoms with Crippen LogP contribution in [-0.4, -0.2) is 92.8 Å². The van der Waals surface area contributed by atoms with Crippen LogP contribution < -0.4 is 4.74 Å². The molecule has 3 aromatic carbocycles. The lowest BCUT2D eigenvalue weighted by atomic mass is 9.95. The Hall–Kier alpha value is -4.03. The van der Waals surface area contributed by atoms with Gasteiger partial charge in [-0.25, -0.2) is 12.7 Å². The Kier molecular flexibility index (Phi) is 9.80. The van der Waals surface area contributed by atoms with Crippen LogP contribution in [0.5, 0.6) is 5.75 Å². The van der Waals surface area contributed by atoms with Crippen molar-refractivity contribution in [1.29, 1.82) is 0 Å². The molecule has 2 aliphatic heterocycles. The number of amides is 1. The number of aliphatic hydroxyl groups is 1. The number of ether oxygens (including phenoxy) is 2. The van der Waals surface area contributed by atoms with Crippen molar-refractivity contribution in [2.45, 2.75) is 24.0 Å². The summed E-state index contributed by atoms with van der Waals surface area (Å²) in [4.78, 5) is 30.6. The molecule has 2 heterocycles. The lowest BCUT2D eigenvalue weighted by Crippen LogP contribution is -2.38. The fraction of sp³-hybridized carbons (Fsp3) is 0.333. The van der Waals surface area contributed by atoms with Crippen molar-refractivity contribution >= 4 is 27.5 Å². The zero-order valence-electron chi connectivity index (χ0n) is 24.9. The highest BCUT2D eigenvalue weighted by atomic mass is 32.2. The van der Waals surface area contributed by atoms with Gasteiger partial charge in [0.05, 0.1) is 29.7 Å². The topological polar surface area (TPSA) is 117 Å². The molecule has 0 spiro atoms. The first-order valence-electron chi connectivity index (χ1n) is 14.5. The first-order chi connectivity index (χ1) is 21.2. The smallest absolute Gasteiger partial charge is 0.295 e. The van der Waals surface area contributed by atoms with E-state index in [1.165, 1.54) is 43.3 Å². The third-order valence-corrected chi connectivity index (χ3v) is 9.66. The van der Waals surface area contributed by atoms with Gasteiger partial charge in [0.1, 0.15) is 18.1 Å². The standard InChI is InChI=1S/C33H37N3O7S/c1-34(2)44(40,41)28-11-6-10-26(22-28)31(37)29-30(25-12-14-27(15-13-25)43-23-24-8-4-3-5-9-24)36(33(39)32(29)38)17-7-16-35-18-20-42-21-19-35/h3-6,8-15,22,30,37H,7,16-21,23H2,1-2H3/t30-/m1/s1. The second-order valence-corrected chi connectivity index (χ2v) is 13.1. The minimum atomic E-state index is -3.80. The number of hydrogen-bond acceptors (Lipinski definition) is 8. The van der Waals surface area contributed by atoms with Crippen LogP contribution in [0.15, 0.2) is 89.3 Å². The van der Waals surface area contributed by atoms with Crippen molar-refractivity contribution in [3.05, 3.63) is 101 Å². The molecule has 0 saturated carbocycles. The summed E-state index contributed by atoms with van der Waals surface area (Å²) in [6.45, 7) is 4.34. The lowest BCUT2D eigenvalue weighted by molar-refractivity contribution is -0.140. The zero-order valence-corrected chi connectivity index (χ0v) is 25.7. The van der Waals surface area contributed by atoms with Gasteiger partial charge >= 0.3 is 0 Å². The Balaban J connectivity index is 1.47. The van der Waals surface area contributed by atoms with E-state index in [0.717, 1.165) is 29.5 Å². The molecule has 0 bridgehead atoms. The van der Waals surface area contributed by atoms with Crippen molar-refractivity contribution in [2.24, 2.45) is 0 Å². The summed E-state index contributed by atoms with van der Waals surface area (Å²) in [6.07, 6.45) is 0.623. The van der Waals surface area contributed by atoms with E-state index in [-0.39, 0.29) is 16.0 Å². The van der Waals surface area contributed by atoms with Gasteiger partial charge in [-0.05, 0) is 41.8 Å². The van der Waals surface area contributed by atoms with Crippen LogP contribution in [-0.2, 0) is 31.0 Å². The molecule has 2 aliphatic rings. The second-order valence-electron chi connectivity index (χ2n) is 11.0. The summed E-state index contributed by atoms with van der Waals surface area (Å²) < 4.78 is 38.0. The van der Waals surface area contributed by atoms with Gasteiger partial charge in [-0.3, -0.25) is 14.5 Å². The van der Waals surface area contributed by atoms with Gasteiger partial charge < -0.3 is 19.5 Å². The molecule has 232 valence electrons. The van der Waals surface area contributed by atoms with E-state index in [0.29, 0.717) is 44.1 Å². The summed E-state index contributed by atoms with van der Waals surface area (Å²) in [7, 11) is -0.972. The Morgan fingerprint density at radius 3 is 2.34 bits per heavy atom. The second kappa shape index (κ2) is 13.7. The molecule has 1 amide bonds. The van der Waals surface area contributed by atoms with Gasteiger partial charge in [-0.15, -0.1) is 0 Å². The molecule has 0 aromatic heterocycles. The average molecular weight is 620 g/mol. The number of rotatable bonds is 11. The minimum absolute atomic E-state index is 0.0391. The number of carbonyl (C=O) groups is 2. The van der Waals surface area contributed by atoms with Crippen LogP contribution in [0.1, 0.15) is 29.2 Å². The summed E-state index contributed by atoms with van der Waals surface area (Å²) in [5.41, 5.74) is 1.69. The van der Waals surface area contributed by atoms with E-state index in [1.807, 2.05) is 30.3 Å². The maximum absolute atomic E-state index is 13.5. The highest BCUT2D eigenvalue weighted by molar-refractivity contribution is 7.89. The fourth-order valence-electron chi connectivity index (χ4n) is 5.40. The Bertz CT molecular complexity index is 1620. The Morgan fingerprint density at radius 2 is 1.66 bits per heavy atom. The molecule has 0 aliphatic carbocycles. The number of Topliss-reactive ketones (excluding diaryl/α,β-unsaturated/α-hetero) is 1. The molecular weight excluding hydrogens is 582 g/mol. The maximum atomic E-state index is 13.5. The maximum Gasteiger partial charge on any atom is 0.295 e. The largest absolute Gasteiger partial charge is 0.507 e. The van der Waals surface area contributed by atoms with Crippen molar-refractivity contribution < 1.29 is 32.6 Å². The molecule has 0 radical (unpaired) electrons. The van der Waals surface area contributed by atoms with Crippen molar-refractivity contribution in [2.75, 3.05) is 53.5 Å². The summed E-state index contributed by atoms with van der Waals surface area (Å²) in [6, 6.07) is 21.8. The van der Waals surface area contributed by atoms with E-state index >= 15 is 0 Å². The number of benzene rings is 3. The van der Waals surface area contributed by atoms with E-state index in [1.54, 1.807) is 24.3 Å². The molecule has 44 heavy (non-hydrogen) atoms. The molecule has 2 saturated heterocycles. The highest BCUT2D eigenvalue weighted by Gasteiger charge is 2.46. The summed E-state index contributed by atoms with van der Waals surface area (Å²) in [5.74, 6) is -1.34. The van der Waals surface area contributed by atoms with Crippen LogP contribution >= 0.6 is 0 Å². The summed E-state index contributed by atoms with van der Waals surface area (Å²) in [5, 5.41) is 11.5. The molecule has 10 nitrogen and oxygen atoms in total. The highest BCUT2D eigenvalue weighted by Crippen LogP contribution is 2.40. The monoisotopic (exact) mass is 619 g/mol. The molecule has 0 unspecified atom stereocenters. The van der Waals surface area contributed by atoms with Crippen LogP contribution in [0.2, 0.25) is 0 Å². The van der Waals surface area contributed by atoms with E-state index < -0.39 is 33.5 Å². The van der Waals surface area contributed by atoms with Gasteiger partial charge in [0.25, 0.3) is 11.7 Å².